The molecule has 1 atom stereocenters. The molecule has 0 heterocycles. The maximum absolute atomic E-state index is 10.7. The third kappa shape index (κ3) is 3.04. The SMILES string of the molecule is CN(C)c1ccc([C@H]([NH3+])P(=O)([O-])[O-])cc1. The lowest BCUT2D eigenvalue weighted by Crippen LogP contribution is -2.56. The fraction of sp³-hybridized carbons (Fsp3) is 0.333. The predicted molar refractivity (Wildman–Crippen MR) is 54.0 cm³/mol. The summed E-state index contributed by atoms with van der Waals surface area (Å²) >= 11 is 0. The van der Waals surface area contributed by atoms with Crippen LogP contribution in [0.25, 0.3) is 0 Å². The number of anilines is 1. The lowest BCUT2D eigenvalue weighted by Gasteiger charge is -2.32. The summed E-state index contributed by atoms with van der Waals surface area (Å²) in [6.45, 7) is 0. The van der Waals surface area contributed by atoms with Gasteiger partial charge in [0.1, 0.15) is 5.78 Å². The van der Waals surface area contributed by atoms with Crippen molar-refractivity contribution in [2.45, 2.75) is 5.78 Å². The molecule has 5 nitrogen and oxygen atoms in total. The molecule has 6 heteroatoms. The normalized spacial score (nSPS) is 13.7. The van der Waals surface area contributed by atoms with Crippen LogP contribution in [0.3, 0.4) is 0 Å². The Labute approximate surface area is 88.7 Å². The zero-order chi connectivity index (χ0) is 11.6. The third-order valence-electron chi connectivity index (χ3n) is 2.18. The van der Waals surface area contributed by atoms with E-state index in [1.165, 1.54) is 0 Å². The zero-order valence-electron chi connectivity index (χ0n) is 8.71. The first-order chi connectivity index (χ1) is 6.82. The fourth-order valence-corrected chi connectivity index (χ4v) is 1.71. The highest BCUT2D eigenvalue weighted by molar-refractivity contribution is 7.48. The van der Waals surface area contributed by atoms with E-state index in [-0.39, 0.29) is 0 Å². The molecule has 0 saturated heterocycles. The number of hydrogen-bond donors (Lipinski definition) is 1. The molecule has 0 saturated carbocycles. The van der Waals surface area contributed by atoms with Crippen molar-refractivity contribution in [2.75, 3.05) is 19.0 Å². The molecule has 0 radical (unpaired) electrons. The molecule has 84 valence electrons. The van der Waals surface area contributed by atoms with E-state index >= 15 is 0 Å². The summed E-state index contributed by atoms with van der Waals surface area (Å²) in [7, 11) is -0.887. The molecule has 3 N–H and O–H groups in total. The number of rotatable bonds is 3. The zero-order valence-corrected chi connectivity index (χ0v) is 9.61. The van der Waals surface area contributed by atoms with Crippen molar-refractivity contribution in [2.24, 2.45) is 0 Å². The highest BCUT2D eigenvalue weighted by Gasteiger charge is 2.13. The van der Waals surface area contributed by atoms with Crippen LogP contribution in [0.1, 0.15) is 11.3 Å². The molecule has 1 aromatic carbocycles. The first-order valence-corrected chi connectivity index (χ1v) is 6.05. The number of benzene rings is 1. The van der Waals surface area contributed by atoms with E-state index in [1.54, 1.807) is 24.3 Å². The minimum atomic E-state index is -4.64. The summed E-state index contributed by atoms with van der Waals surface area (Å²) in [6.07, 6.45) is 0. The van der Waals surface area contributed by atoms with Crippen LogP contribution in [-0.4, -0.2) is 14.1 Å². The molecular formula is C9H14N2O3P-. The molecule has 0 amide bonds. The molecule has 15 heavy (non-hydrogen) atoms. The smallest absolute Gasteiger partial charge is 0.135 e. The molecule has 0 fully saturated rings. The maximum Gasteiger partial charge on any atom is 0.135 e. The van der Waals surface area contributed by atoms with Gasteiger partial charge in [-0.05, 0) is 19.7 Å². The van der Waals surface area contributed by atoms with Crippen molar-refractivity contribution in [1.29, 1.82) is 0 Å². The van der Waals surface area contributed by atoms with E-state index in [9.17, 15) is 14.4 Å². The highest BCUT2D eigenvalue weighted by atomic mass is 31.2. The van der Waals surface area contributed by atoms with Gasteiger partial charge in [0, 0.05) is 25.3 Å². The fourth-order valence-electron chi connectivity index (χ4n) is 1.18. The van der Waals surface area contributed by atoms with Gasteiger partial charge in [0.25, 0.3) is 0 Å². The topological polar surface area (TPSA) is 94.1 Å². The van der Waals surface area contributed by atoms with E-state index in [1.807, 2.05) is 19.0 Å². The lowest BCUT2D eigenvalue weighted by molar-refractivity contribution is -0.434. The molecule has 0 aliphatic heterocycles. The monoisotopic (exact) mass is 229 g/mol. The van der Waals surface area contributed by atoms with Gasteiger partial charge in [-0.3, -0.25) is 0 Å². The van der Waals surface area contributed by atoms with Gasteiger partial charge in [0.2, 0.25) is 0 Å². The second-order valence-electron chi connectivity index (χ2n) is 3.54. The van der Waals surface area contributed by atoms with Crippen LogP contribution < -0.4 is 20.4 Å². The van der Waals surface area contributed by atoms with Crippen molar-refractivity contribution in [3.63, 3.8) is 0 Å². The van der Waals surface area contributed by atoms with Crippen LogP contribution in [0.2, 0.25) is 0 Å². The van der Waals surface area contributed by atoms with Gasteiger partial charge in [-0.1, -0.05) is 12.1 Å². The average Bonchev–Trinajstić information content (AvgIpc) is 2.15. The summed E-state index contributed by atoms with van der Waals surface area (Å²) in [6, 6.07) is 6.72. The second-order valence-corrected chi connectivity index (χ2v) is 5.24. The maximum atomic E-state index is 10.7. The largest absolute Gasteiger partial charge is 0.806 e. The Bertz CT molecular complexity index is 371. The van der Waals surface area contributed by atoms with E-state index in [2.05, 4.69) is 5.73 Å². The summed E-state index contributed by atoms with van der Waals surface area (Å²) in [5.41, 5.74) is 4.72. The van der Waals surface area contributed by atoms with Gasteiger partial charge >= 0.3 is 0 Å². The standard InChI is InChI=1S/C9H15N2O3P/c1-11(2)8-5-3-7(4-6-8)9(10)15(12,13)14/h3-6,9H,10H2,1-2H3,(H2,12,13,14)/p-1/t9-/m1/s1. The van der Waals surface area contributed by atoms with Crippen molar-refractivity contribution in [3.8, 4) is 0 Å². The summed E-state index contributed by atoms with van der Waals surface area (Å²) in [5.74, 6) is -1.21. The van der Waals surface area contributed by atoms with E-state index in [0.29, 0.717) is 5.56 Å². The molecule has 0 aliphatic carbocycles. The van der Waals surface area contributed by atoms with Gasteiger partial charge < -0.3 is 25.0 Å². The minimum absolute atomic E-state index is 0.425. The van der Waals surface area contributed by atoms with Gasteiger partial charge in [0.05, 0.1) is 0 Å². The van der Waals surface area contributed by atoms with E-state index in [0.717, 1.165) is 5.69 Å². The lowest BCUT2D eigenvalue weighted by atomic mass is 10.2. The van der Waals surface area contributed by atoms with Gasteiger partial charge in [-0.2, -0.15) is 0 Å². The average molecular weight is 229 g/mol. The summed E-state index contributed by atoms with van der Waals surface area (Å²) < 4.78 is 10.7. The molecular weight excluding hydrogens is 215 g/mol. The van der Waals surface area contributed by atoms with Gasteiger partial charge in [-0.25, -0.2) is 0 Å². The Kier molecular flexibility index (Phi) is 3.52. The molecule has 0 spiro atoms. The number of nitrogens with zero attached hydrogens (tertiary/aromatic N) is 1. The Morgan fingerprint density at radius 3 is 2.07 bits per heavy atom. The first-order valence-electron chi connectivity index (χ1n) is 4.44. The van der Waals surface area contributed by atoms with E-state index in [4.69, 9.17) is 0 Å². The van der Waals surface area contributed by atoms with Crippen LogP contribution in [0.4, 0.5) is 5.69 Å². The highest BCUT2D eigenvalue weighted by Crippen LogP contribution is 2.38. The van der Waals surface area contributed by atoms with Crippen molar-refractivity contribution in [3.05, 3.63) is 29.8 Å². The van der Waals surface area contributed by atoms with Crippen LogP contribution in [-0.2, 0) is 4.57 Å². The van der Waals surface area contributed by atoms with Crippen LogP contribution in [0.15, 0.2) is 24.3 Å². The van der Waals surface area contributed by atoms with Crippen molar-refractivity contribution in [1.82, 2.24) is 0 Å². The Hall–Kier alpha value is -0.870. The van der Waals surface area contributed by atoms with Crippen LogP contribution in [0, 0.1) is 0 Å². The Balaban J connectivity index is 2.94. The molecule has 0 aromatic heterocycles. The van der Waals surface area contributed by atoms with Crippen LogP contribution in [0.5, 0.6) is 0 Å². The second kappa shape index (κ2) is 4.33. The third-order valence-corrected chi connectivity index (χ3v) is 3.24. The Morgan fingerprint density at radius 1 is 1.27 bits per heavy atom. The quantitative estimate of drug-likeness (QED) is 0.666. The first kappa shape index (κ1) is 12.2. The Morgan fingerprint density at radius 2 is 1.73 bits per heavy atom. The predicted octanol–water partition coefficient (Wildman–Crippen LogP) is -1.09. The molecule has 1 rings (SSSR count). The van der Waals surface area contributed by atoms with Gasteiger partial charge in [0.15, 0.2) is 0 Å². The molecule has 1 aromatic rings. The number of quaternary nitrogens is 1. The summed E-state index contributed by atoms with van der Waals surface area (Å²) in [4.78, 5) is 23.4. The molecule has 0 unspecified atom stereocenters. The number of hydrogen-bond acceptors (Lipinski definition) is 4. The summed E-state index contributed by atoms with van der Waals surface area (Å²) in [5, 5.41) is 0. The molecule has 0 aliphatic rings. The van der Waals surface area contributed by atoms with Crippen molar-refractivity contribution >= 4 is 13.3 Å². The van der Waals surface area contributed by atoms with Gasteiger partial charge in [-0.15, -0.1) is 0 Å². The van der Waals surface area contributed by atoms with Crippen molar-refractivity contribution < 1.29 is 20.1 Å². The van der Waals surface area contributed by atoms with Crippen LogP contribution >= 0.6 is 7.60 Å². The van der Waals surface area contributed by atoms with E-state index < -0.39 is 13.4 Å². The minimum Gasteiger partial charge on any atom is -0.806 e. The molecule has 0 bridgehead atoms.